The van der Waals surface area contributed by atoms with Gasteiger partial charge in [-0.15, -0.1) is 0 Å². The second-order valence-electron chi connectivity index (χ2n) is 16.0. The van der Waals surface area contributed by atoms with Gasteiger partial charge >= 0.3 is 16.4 Å². The van der Waals surface area contributed by atoms with Crippen molar-refractivity contribution in [2.24, 2.45) is 0 Å². The van der Waals surface area contributed by atoms with Gasteiger partial charge in [0.05, 0.1) is 19.8 Å². The number of unbranched alkanes of at least 4 members (excludes halogenated alkanes) is 21. The Kier molecular flexibility index (Phi) is 35.7. The fourth-order valence-electron chi connectivity index (χ4n) is 6.97. The van der Waals surface area contributed by atoms with E-state index in [2.05, 4.69) is 54.5 Å². The van der Waals surface area contributed by atoms with Gasteiger partial charge in [-0.3, -0.25) is 9.35 Å². The van der Waals surface area contributed by atoms with Crippen molar-refractivity contribution in [2.75, 3.05) is 26.4 Å². The zero-order valence-electron chi connectivity index (χ0n) is 36.8. The molecule has 1 aliphatic heterocycles. The third-order valence-corrected chi connectivity index (χ3v) is 11.0. The zero-order chi connectivity index (χ0) is 43.2. The molecule has 6 unspecified atom stereocenters. The molecule has 1 fully saturated rings. The van der Waals surface area contributed by atoms with Crippen LogP contribution in [-0.2, 0) is 38.3 Å². The Morgan fingerprint density at radius 3 is 1.63 bits per heavy atom. The highest BCUT2D eigenvalue weighted by Crippen LogP contribution is 2.26. The van der Waals surface area contributed by atoms with E-state index >= 15 is 0 Å². The maximum Gasteiger partial charge on any atom is 0.397 e. The topological polar surface area (TPSA) is 178 Å². The average molecular weight is 861 g/mol. The van der Waals surface area contributed by atoms with Crippen molar-refractivity contribution in [3.8, 4) is 0 Å². The van der Waals surface area contributed by atoms with Crippen molar-refractivity contribution in [3.05, 3.63) is 36.5 Å². The van der Waals surface area contributed by atoms with Gasteiger partial charge in [-0.05, 0) is 51.4 Å². The van der Waals surface area contributed by atoms with Crippen molar-refractivity contribution in [1.29, 1.82) is 0 Å². The lowest BCUT2D eigenvalue weighted by Gasteiger charge is -2.41. The van der Waals surface area contributed by atoms with Crippen molar-refractivity contribution in [3.63, 3.8) is 0 Å². The van der Waals surface area contributed by atoms with E-state index < -0.39 is 59.8 Å². The molecule has 0 saturated carbocycles. The summed E-state index contributed by atoms with van der Waals surface area (Å²) < 4.78 is 59.0. The van der Waals surface area contributed by atoms with Crippen LogP contribution in [0.5, 0.6) is 0 Å². The average Bonchev–Trinajstić information content (AvgIpc) is 3.20. The van der Waals surface area contributed by atoms with E-state index in [-0.39, 0.29) is 19.6 Å². The number of aliphatic hydroxyl groups is 3. The lowest BCUT2D eigenvalue weighted by molar-refractivity contribution is -0.301. The van der Waals surface area contributed by atoms with Gasteiger partial charge in [0.15, 0.2) is 6.29 Å². The molecular weight excluding hydrogens is 777 g/mol. The maximum absolute atomic E-state index is 12.8. The quantitative estimate of drug-likeness (QED) is 0.0199. The molecule has 1 heterocycles. The summed E-state index contributed by atoms with van der Waals surface area (Å²) in [6.07, 6.45) is 34.7. The highest BCUT2D eigenvalue weighted by molar-refractivity contribution is 7.80. The van der Waals surface area contributed by atoms with Crippen LogP contribution in [0.1, 0.15) is 187 Å². The van der Waals surface area contributed by atoms with Crippen LogP contribution in [-0.4, -0.2) is 97.5 Å². The number of ether oxygens (including phenoxy) is 4. The molecule has 1 rings (SSSR count). The molecule has 4 N–H and O–H groups in total. The molecule has 1 saturated heterocycles. The van der Waals surface area contributed by atoms with E-state index in [9.17, 15) is 28.5 Å². The van der Waals surface area contributed by atoms with E-state index in [1.807, 2.05) is 0 Å². The van der Waals surface area contributed by atoms with Crippen molar-refractivity contribution < 1.29 is 56.2 Å². The number of hydrogen-bond donors (Lipinski definition) is 4. The summed E-state index contributed by atoms with van der Waals surface area (Å²) in [5, 5.41) is 30.6. The molecule has 1 aliphatic rings. The van der Waals surface area contributed by atoms with Crippen LogP contribution in [0.25, 0.3) is 0 Å². The SMILES string of the molecule is CCCCCCC/C=C\C/C=C\C/C=C\CCCCCCCCCOCC(COC1OC(CO)C(O)C(OS(=O)(=O)O)C1O)OC(=O)CCCCCCCCCCCC. The van der Waals surface area contributed by atoms with Crippen LogP contribution in [0.2, 0.25) is 0 Å². The normalized spacial score (nSPS) is 20.7. The Hall–Kier alpha value is -1.68. The minimum atomic E-state index is -5.06. The van der Waals surface area contributed by atoms with Gasteiger partial charge < -0.3 is 34.3 Å². The first kappa shape index (κ1) is 55.3. The number of rotatable bonds is 40. The van der Waals surface area contributed by atoms with Crippen LogP contribution >= 0.6 is 0 Å². The Morgan fingerprint density at radius 2 is 1.12 bits per heavy atom. The predicted octanol–water partition coefficient (Wildman–Crippen LogP) is 9.80. The second kappa shape index (κ2) is 38.0. The van der Waals surface area contributed by atoms with E-state index in [4.69, 9.17) is 23.5 Å². The summed E-state index contributed by atoms with van der Waals surface area (Å²) in [6.45, 7) is 3.94. The standard InChI is InChI=1S/C46H84O12S/c1-3-5-7-9-11-13-15-16-17-18-19-20-21-22-23-24-25-26-28-30-32-34-36-54-38-40(56-42(48)35-33-31-29-27-14-12-10-8-6-4-2)39-55-46-44(50)45(58-59(51,52)53)43(49)41(37-47)57-46/h15-16,18-19,21-22,40-41,43-47,49-50H,3-14,17,20,23-39H2,1-2H3,(H,51,52,53)/b16-15-,19-18-,22-21-. The molecule has 0 spiro atoms. The summed E-state index contributed by atoms with van der Waals surface area (Å²) in [5.41, 5.74) is 0. The summed E-state index contributed by atoms with van der Waals surface area (Å²) in [6, 6.07) is 0. The third kappa shape index (κ3) is 31.8. The third-order valence-electron chi connectivity index (χ3n) is 10.5. The molecule has 12 nitrogen and oxygen atoms in total. The zero-order valence-corrected chi connectivity index (χ0v) is 37.6. The van der Waals surface area contributed by atoms with Gasteiger partial charge in [0.25, 0.3) is 0 Å². The van der Waals surface area contributed by atoms with Gasteiger partial charge in [-0.2, -0.15) is 8.42 Å². The first-order chi connectivity index (χ1) is 28.6. The first-order valence-corrected chi connectivity index (χ1v) is 24.6. The van der Waals surface area contributed by atoms with Crippen LogP contribution in [0, 0.1) is 0 Å². The highest BCUT2D eigenvalue weighted by Gasteiger charge is 2.48. The molecule has 6 atom stereocenters. The van der Waals surface area contributed by atoms with Crippen LogP contribution < -0.4 is 0 Å². The van der Waals surface area contributed by atoms with Gasteiger partial charge in [0.2, 0.25) is 0 Å². The summed E-state index contributed by atoms with van der Waals surface area (Å²) in [5.74, 6) is -0.405. The molecule has 59 heavy (non-hydrogen) atoms. The molecule has 0 aromatic carbocycles. The second-order valence-corrected chi connectivity index (χ2v) is 17.0. The van der Waals surface area contributed by atoms with Crippen LogP contribution in [0.15, 0.2) is 36.5 Å². The number of carbonyl (C=O) groups is 1. The number of carbonyl (C=O) groups excluding carboxylic acids is 1. The number of aliphatic hydroxyl groups excluding tert-OH is 3. The Balaban J connectivity index is 2.37. The van der Waals surface area contributed by atoms with Gasteiger partial charge in [-0.25, -0.2) is 4.18 Å². The van der Waals surface area contributed by atoms with E-state index in [1.165, 1.54) is 103 Å². The van der Waals surface area contributed by atoms with Crippen molar-refractivity contribution >= 4 is 16.4 Å². The summed E-state index contributed by atoms with van der Waals surface area (Å²) >= 11 is 0. The Morgan fingerprint density at radius 1 is 0.644 bits per heavy atom. The largest absolute Gasteiger partial charge is 0.457 e. The van der Waals surface area contributed by atoms with Gasteiger partial charge in [0.1, 0.15) is 30.5 Å². The molecule has 0 aromatic heterocycles. The fourth-order valence-corrected chi connectivity index (χ4v) is 7.48. The molecular formula is C46H84O12S. The monoisotopic (exact) mass is 861 g/mol. The molecule has 346 valence electrons. The number of allylic oxidation sites excluding steroid dienone is 6. The molecule has 0 radical (unpaired) electrons. The molecule has 0 aromatic rings. The first-order valence-electron chi connectivity index (χ1n) is 23.2. The lowest BCUT2D eigenvalue weighted by atomic mass is 9.99. The van der Waals surface area contributed by atoms with Crippen LogP contribution in [0.4, 0.5) is 0 Å². The van der Waals surface area contributed by atoms with Crippen molar-refractivity contribution in [2.45, 2.75) is 224 Å². The highest BCUT2D eigenvalue weighted by atomic mass is 32.3. The summed E-state index contributed by atoms with van der Waals surface area (Å²) in [7, 11) is -5.06. The van der Waals surface area contributed by atoms with Gasteiger partial charge in [0, 0.05) is 13.0 Å². The molecule has 0 aliphatic carbocycles. The van der Waals surface area contributed by atoms with Gasteiger partial charge in [-0.1, -0.05) is 166 Å². The van der Waals surface area contributed by atoms with E-state index in [0.29, 0.717) is 13.0 Å². The minimum absolute atomic E-state index is 0.0310. The predicted molar refractivity (Wildman–Crippen MR) is 234 cm³/mol. The smallest absolute Gasteiger partial charge is 0.397 e. The molecule has 0 amide bonds. The number of esters is 1. The van der Waals surface area contributed by atoms with E-state index in [1.54, 1.807) is 0 Å². The molecule has 13 heteroatoms. The lowest BCUT2D eigenvalue weighted by Crippen LogP contribution is -2.60. The maximum atomic E-state index is 12.8. The fraction of sp³-hybridized carbons (Fsp3) is 0.848. The Labute approximate surface area is 358 Å². The summed E-state index contributed by atoms with van der Waals surface area (Å²) in [4.78, 5) is 12.8. The van der Waals surface area contributed by atoms with Crippen molar-refractivity contribution in [1.82, 2.24) is 0 Å². The minimum Gasteiger partial charge on any atom is -0.457 e. The molecule has 0 bridgehead atoms. The van der Waals surface area contributed by atoms with Crippen LogP contribution in [0.3, 0.4) is 0 Å². The Bertz CT molecular complexity index is 1180. The number of hydrogen-bond acceptors (Lipinski definition) is 11. The van der Waals surface area contributed by atoms with E-state index in [0.717, 1.165) is 57.8 Å².